The molecule has 0 aliphatic heterocycles. The SMILES string of the molecule is CCCCO[C@H]1CC[C@H](NC(=O)c2cnn3c(C)cn(-c4ccccc4OCC(F)(F)F)c(=O)c23)CC1. The average Bonchev–Trinajstić information content (AvgIpc) is 3.32. The van der Waals surface area contributed by atoms with Gasteiger partial charge in [-0.25, -0.2) is 4.52 Å². The number of carbonyl (C=O) groups excluding carboxylic acids is 1. The van der Waals surface area contributed by atoms with Crippen LogP contribution in [0.15, 0.2) is 41.5 Å². The third-order valence-electron chi connectivity index (χ3n) is 6.46. The first-order valence-electron chi connectivity index (χ1n) is 12.5. The first-order valence-corrected chi connectivity index (χ1v) is 12.5. The summed E-state index contributed by atoms with van der Waals surface area (Å²) in [7, 11) is 0. The van der Waals surface area contributed by atoms with E-state index in [0.717, 1.165) is 45.1 Å². The Morgan fingerprint density at radius 1 is 1.19 bits per heavy atom. The third kappa shape index (κ3) is 6.33. The van der Waals surface area contributed by atoms with Gasteiger partial charge in [-0.2, -0.15) is 18.3 Å². The van der Waals surface area contributed by atoms with Crippen LogP contribution in [0.5, 0.6) is 5.75 Å². The molecule has 37 heavy (non-hydrogen) atoms. The molecule has 0 saturated heterocycles. The van der Waals surface area contributed by atoms with Crippen LogP contribution in [0.1, 0.15) is 61.5 Å². The number of rotatable bonds is 9. The number of aromatic nitrogens is 3. The number of halogens is 3. The molecule has 0 atom stereocenters. The van der Waals surface area contributed by atoms with Gasteiger partial charge in [-0.1, -0.05) is 25.5 Å². The molecule has 11 heteroatoms. The van der Waals surface area contributed by atoms with Crippen molar-refractivity contribution in [2.75, 3.05) is 13.2 Å². The van der Waals surface area contributed by atoms with Gasteiger partial charge < -0.3 is 14.8 Å². The van der Waals surface area contributed by atoms with Crippen molar-refractivity contribution in [2.24, 2.45) is 0 Å². The van der Waals surface area contributed by atoms with Crippen molar-refractivity contribution >= 4 is 11.4 Å². The van der Waals surface area contributed by atoms with Crippen LogP contribution in [0, 0.1) is 6.92 Å². The summed E-state index contributed by atoms with van der Waals surface area (Å²) in [5, 5.41) is 7.23. The molecule has 8 nitrogen and oxygen atoms in total. The number of fused-ring (bicyclic) bond motifs is 1. The third-order valence-corrected chi connectivity index (χ3v) is 6.46. The number of hydrogen-bond donors (Lipinski definition) is 1. The Hall–Kier alpha value is -3.34. The van der Waals surface area contributed by atoms with Crippen LogP contribution in [0.4, 0.5) is 13.2 Å². The number of carbonyl (C=O) groups is 1. The maximum absolute atomic E-state index is 13.5. The molecule has 0 bridgehead atoms. The van der Waals surface area contributed by atoms with E-state index >= 15 is 0 Å². The molecule has 1 fully saturated rings. The molecule has 2 heterocycles. The van der Waals surface area contributed by atoms with E-state index in [2.05, 4.69) is 17.3 Å². The molecule has 1 N–H and O–H groups in total. The quantitative estimate of drug-likeness (QED) is 0.417. The molecular weight excluding hydrogens is 489 g/mol. The molecule has 200 valence electrons. The molecule has 2 aromatic heterocycles. The Bertz CT molecular complexity index is 1290. The number of amides is 1. The lowest BCUT2D eigenvalue weighted by Crippen LogP contribution is -2.39. The van der Waals surface area contributed by atoms with Crippen molar-refractivity contribution in [2.45, 2.75) is 70.7 Å². The maximum Gasteiger partial charge on any atom is 0.422 e. The molecular formula is C26H31F3N4O4. The first kappa shape index (κ1) is 26.7. The normalized spacial score (nSPS) is 18.2. The van der Waals surface area contributed by atoms with Gasteiger partial charge in [0, 0.05) is 18.8 Å². The Balaban J connectivity index is 1.57. The van der Waals surface area contributed by atoms with Gasteiger partial charge in [0.25, 0.3) is 11.5 Å². The Labute approximate surface area is 212 Å². The number of benzene rings is 1. The van der Waals surface area contributed by atoms with Crippen molar-refractivity contribution < 1.29 is 27.4 Å². The van der Waals surface area contributed by atoms with Gasteiger partial charge >= 0.3 is 6.18 Å². The van der Waals surface area contributed by atoms with Gasteiger partial charge in [0.1, 0.15) is 11.3 Å². The zero-order chi connectivity index (χ0) is 26.6. The summed E-state index contributed by atoms with van der Waals surface area (Å²) >= 11 is 0. The maximum atomic E-state index is 13.5. The first-order chi connectivity index (χ1) is 17.7. The molecule has 1 aromatic carbocycles. The minimum atomic E-state index is -4.53. The second kappa shape index (κ2) is 11.4. The number of aryl methyl sites for hydroxylation is 1. The second-order valence-electron chi connectivity index (χ2n) is 9.31. The van der Waals surface area contributed by atoms with Gasteiger partial charge in [-0.05, 0) is 51.2 Å². The van der Waals surface area contributed by atoms with E-state index in [1.165, 1.54) is 39.7 Å². The standard InChI is InChI=1S/C26H31F3N4O4/c1-3-4-13-36-19-11-9-18(10-12-19)31-24(34)20-14-30-33-17(2)15-32(25(35)23(20)33)21-7-5-6-8-22(21)37-16-26(27,28)29/h5-8,14-15,18-19H,3-4,9-13,16H2,1-2H3,(H,31,34)/t18-,19-. The number of unbranched alkanes of at least 4 members (excludes halogenated alkanes) is 1. The Morgan fingerprint density at radius 3 is 2.62 bits per heavy atom. The Kier molecular flexibility index (Phi) is 8.21. The van der Waals surface area contributed by atoms with Crippen LogP contribution < -0.4 is 15.6 Å². The highest BCUT2D eigenvalue weighted by atomic mass is 19.4. The largest absolute Gasteiger partial charge is 0.482 e. The monoisotopic (exact) mass is 520 g/mol. The fourth-order valence-corrected chi connectivity index (χ4v) is 4.55. The number of para-hydroxylation sites is 2. The van der Waals surface area contributed by atoms with Gasteiger partial charge in [0.15, 0.2) is 6.61 Å². The summed E-state index contributed by atoms with van der Waals surface area (Å²) in [5.41, 5.74) is 0.210. The van der Waals surface area contributed by atoms with E-state index in [9.17, 15) is 22.8 Å². The van der Waals surface area contributed by atoms with E-state index in [1.807, 2.05) is 0 Å². The van der Waals surface area contributed by atoms with Crippen molar-refractivity contribution in [1.82, 2.24) is 19.5 Å². The highest BCUT2D eigenvalue weighted by molar-refractivity contribution is 6.00. The summed E-state index contributed by atoms with van der Waals surface area (Å²) in [5.74, 6) is -0.518. The van der Waals surface area contributed by atoms with Crippen molar-refractivity contribution in [3.05, 3.63) is 58.3 Å². The second-order valence-corrected chi connectivity index (χ2v) is 9.31. The average molecular weight is 521 g/mol. The van der Waals surface area contributed by atoms with E-state index in [0.29, 0.717) is 5.69 Å². The molecule has 4 rings (SSSR count). The summed E-state index contributed by atoms with van der Waals surface area (Å²) in [6, 6.07) is 5.91. The highest BCUT2D eigenvalue weighted by Gasteiger charge is 2.29. The number of nitrogens with one attached hydrogen (secondary N) is 1. The molecule has 1 amide bonds. The van der Waals surface area contributed by atoms with Crippen LogP contribution in [0.2, 0.25) is 0 Å². The topological polar surface area (TPSA) is 86.9 Å². The molecule has 0 spiro atoms. The summed E-state index contributed by atoms with van der Waals surface area (Å²) < 4.78 is 51.7. The molecule has 0 unspecified atom stereocenters. The zero-order valence-corrected chi connectivity index (χ0v) is 20.9. The fourth-order valence-electron chi connectivity index (χ4n) is 4.55. The number of alkyl halides is 3. The number of nitrogens with zero attached hydrogens (tertiary/aromatic N) is 3. The van der Waals surface area contributed by atoms with Crippen LogP contribution in [0.3, 0.4) is 0 Å². The van der Waals surface area contributed by atoms with Crippen molar-refractivity contribution in [3.8, 4) is 11.4 Å². The lowest BCUT2D eigenvalue weighted by Gasteiger charge is -2.29. The van der Waals surface area contributed by atoms with E-state index in [4.69, 9.17) is 9.47 Å². The zero-order valence-electron chi connectivity index (χ0n) is 20.9. The van der Waals surface area contributed by atoms with Crippen molar-refractivity contribution in [3.63, 3.8) is 0 Å². The van der Waals surface area contributed by atoms with Crippen LogP contribution in [-0.4, -0.2) is 51.6 Å². The lowest BCUT2D eigenvalue weighted by molar-refractivity contribution is -0.153. The predicted octanol–water partition coefficient (Wildman–Crippen LogP) is 4.59. The molecule has 3 aromatic rings. The minimum Gasteiger partial charge on any atom is -0.482 e. The van der Waals surface area contributed by atoms with Gasteiger partial charge in [-0.3, -0.25) is 14.2 Å². The fraction of sp³-hybridized carbons (Fsp3) is 0.500. The van der Waals surface area contributed by atoms with Crippen LogP contribution in [-0.2, 0) is 4.74 Å². The highest BCUT2D eigenvalue weighted by Crippen LogP contribution is 2.26. The molecule has 0 radical (unpaired) electrons. The van der Waals surface area contributed by atoms with Crippen LogP contribution >= 0.6 is 0 Å². The Morgan fingerprint density at radius 2 is 1.92 bits per heavy atom. The number of hydrogen-bond acceptors (Lipinski definition) is 5. The summed E-state index contributed by atoms with van der Waals surface area (Å²) in [4.78, 5) is 26.7. The van der Waals surface area contributed by atoms with Gasteiger partial charge in [0.05, 0.1) is 29.2 Å². The van der Waals surface area contributed by atoms with Crippen LogP contribution in [0.25, 0.3) is 11.2 Å². The predicted molar refractivity (Wildman–Crippen MR) is 131 cm³/mol. The minimum absolute atomic E-state index is 0.0414. The molecule has 1 saturated carbocycles. The summed E-state index contributed by atoms with van der Waals surface area (Å²) in [6.07, 6.45) is 3.83. The molecule has 1 aliphatic carbocycles. The van der Waals surface area contributed by atoms with Gasteiger partial charge in [0.2, 0.25) is 0 Å². The molecule has 1 aliphatic rings. The lowest BCUT2D eigenvalue weighted by atomic mass is 9.92. The summed E-state index contributed by atoms with van der Waals surface area (Å²) in [6.45, 7) is 3.06. The van der Waals surface area contributed by atoms with Gasteiger partial charge in [-0.15, -0.1) is 0 Å². The smallest absolute Gasteiger partial charge is 0.422 e. The van der Waals surface area contributed by atoms with Crippen molar-refractivity contribution in [1.29, 1.82) is 0 Å². The van der Waals surface area contributed by atoms with E-state index in [1.54, 1.807) is 13.0 Å². The van der Waals surface area contributed by atoms with E-state index in [-0.39, 0.29) is 34.7 Å². The number of ether oxygens (including phenoxy) is 2. The van der Waals surface area contributed by atoms with E-state index < -0.39 is 24.2 Å².